The highest BCUT2D eigenvalue weighted by molar-refractivity contribution is 7.99. The third kappa shape index (κ3) is 5.05. The normalized spacial score (nSPS) is 11.2. The van der Waals surface area contributed by atoms with Crippen LogP contribution >= 0.6 is 11.8 Å². The number of fused-ring (bicyclic) bond motifs is 1. The Morgan fingerprint density at radius 1 is 0.912 bits per heavy atom. The van der Waals surface area contributed by atoms with Crippen molar-refractivity contribution in [1.82, 2.24) is 15.2 Å². The number of pyridine rings is 1. The lowest BCUT2D eigenvalue weighted by molar-refractivity contribution is 0.102. The third-order valence-electron chi connectivity index (χ3n) is 5.08. The number of aromatic nitrogens is 3. The number of aromatic amines is 1. The van der Waals surface area contributed by atoms with E-state index in [1.807, 2.05) is 66.7 Å². The number of nitrogens with zero attached hydrogens (tertiary/aromatic N) is 2. The van der Waals surface area contributed by atoms with Crippen LogP contribution in [0.3, 0.4) is 0 Å². The summed E-state index contributed by atoms with van der Waals surface area (Å²) in [6.45, 7) is 0. The Morgan fingerprint density at radius 3 is 2.65 bits per heavy atom. The molecule has 3 aromatic carbocycles. The van der Waals surface area contributed by atoms with E-state index in [9.17, 15) is 9.18 Å². The second-order valence-corrected chi connectivity index (χ2v) is 8.65. The number of H-pyrrole nitrogens is 1. The van der Waals surface area contributed by atoms with E-state index in [2.05, 4.69) is 20.5 Å². The van der Waals surface area contributed by atoms with Crippen molar-refractivity contribution < 1.29 is 9.18 Å². The second-order valence-electron chi connectivity index (χ2n) is 7.50. The van der Waals surface area contributed by atoms with Crippen LogP contribution in [0.2, 0.25) is 0 Å². The van der Waals surface area contributed by atoms with Gasteiger partial charge in [0.1, 0.15) is 5.82 Å². The van der Waals surface area contributed by atoms with Crippen molar-refractivity contribution in [2.24, 2.45) is 0 Å². The van der Waals surface area contributed by atoms with Gasteiger partial charge in [-0.2, -0.15) is 5.10 Å². The molecule has 5 nitrogen and oxygen atoms in total. The van der Waals surface area contributed by atoms with Gasteiger partial charge in [-0.15, -0.1) is 0 Å². The summed E-state index contributed by atoms with van der Waals surface area (Å²) in [6.07, 6.45) is 5.63. The quantitative estimate of drug-likeness (QED) is 0.293. The molecule has 0 saturated heterocycles. The Kier molecular flexibility index (Phi) is 6.18. The van der Waals surface area contributed by atoms with E-state index in [0.717, 1.165) is 32.1 Å². The summed E-state index contributed by atoms with van der Waals surface area (Å²) < 4.78 is 13.4. The van der Waals surface area contributed by atoms with E-state index in [1.165, 1.54) is 18.2 Å². The zero-order chi connectivity index (χ0) is 23.3. The first kappa shape index (κ1) is 21.6. The Bertz CT molecular complexity index is 1500. The fraction of sp³-hybridized carbons (Fsp3) is 0. The molecule has 0 atom stereocenters. The molecule has 5 aromatic rings. The van der Waals surface area contributed by atoms with Crippen LogP contribution in [0.1, 0.15) is 21.7 Å². The van der Waals surface area contributed by atoms with Gasteiger partial charge < -0.3 is 5.32 Å². The first-order valence-corrected chi connectivity index (χ1v) is 11.4. The predicted octanol–water partition coefficient (Wildman–Crippen LogP) is 6.67. The van der Waals surface area contributed by atoms with E-state index >= 15 is 0 Å². The molecule has 0 aliphatic heterocycles. The van der Waals surface area contributed by atoms with E-state index in [1.54, 1.807) is 30.1 Å². The average Bonchev–Trinajstić information content (AvgIpc) is 3.26. The van der Waals surface area contributed by atoms with Crippen LogP contribution < -0.4 is 5.32 Å². The van der Waals surface area contributed by atoms with Gasteiger partial charge in [-0.1, -0.05) is 30.0 Å². The predicted molar refractivity (Wildman–Crippen MR) is 134 cm³/mol. The number of nitrogens with one attached hydrogen (secondary N) is 2. The maximum absolute atomic E-state index is 13.4. The fourth-order valence-corrected chi connectivity index (χ4v) is 4.37. The molecular weight excluding hydrogens is 447 g/mol. The van der Waals surface area contributed by atoms with Crippen LogP contribution in [0.5, 0.6) is 0 Å². The van der Waals surface area contributed by atoms with Crippen molar-refractivity contribution in [2.75, 3.05) is 5.32 Å². The highest BCUT2D eigenvalue weighted by Crippen LogP contribution is 2.32. The van der Waals surface area contributed by atoms with Gasteiger partial charge in [0.15, 0.2) is 0 Å². The maximum Gasteiger partial charge on any atom is 0.255 e. The molecule has 0 spiro atoms. The Labute approximate surface area is 199 Å². The van der Waals surface area contributed by atoms with E-state index in [4.69, 9.17) is 0 Å². The van der Waals surface area contributed by atoms with Crippen LogP contribution in [0.15, 0.2) is 101 Å². The second kappa shape index (κ2) is 9.72. The summed E-state index contributed by atoms with van der Waals surface area (Å²) in [5.41, 5.74) is 3.56. The van der Waals surface area contributed by atoms with Crippen molar-refractivity contribution in [3.05, 3.63) is 114 Å². The number of hydrogen-bond donors (Lipinski definition) is 2. The molecule has 0 aliphatic rings. The number of anilines is 1. The lowest BCUT2D eigenvalue weighted by Gasteiger charge is -2.08. The van der Waals surface area contributed by atoms with Gasteiger partial charge in [-0.25, -0.2) is 4.39 Å². The van der Waals surface area contributed by atoms with Crippen molar-refractivity contribution in [2.45, 2.75) is 9.79 Å². The van der Waals surface area contributed by atoms with E-state index in [0.29, 0.717) is 5.69 Å². The highest BCUT2D eigenvalue weighted by Gasteiger charge is 2.09. The zero-order valence-electron chi connectivity index (χ0n) is 17.9. The summed E-state index contributed by atoms with van der Waals surface area (Å²) >= 11 is 1.57. The molecule has 0 unspecified atom stereocenters. The zero-order valence-corrected chi connectivity index (χ0v) is 18.7. The largest absolute Gasteiger partial charge is 0.322 e. The van der Waals surface area contributed by atoms with Crippen molar-refractivity contribution in [3.63, 3.8) is 0 Å². The van der Waals surface area contributed by atoms with Crippen LogP contribution in [0, 0.1) is 5.82 Å². The third-order valence-corrected chi connectivity index (χ3v) is 6.06. The number of carbonyl (C=O) groups excluding carboxylic acids is 1. The molecule has 2 N–H and O–H groups in total. The van der Waals surface area contributed by atoms with E-state index in [-0.39, 0.29) is 11.5 Å². The van der Waals surface area contributed by atoms with Crippen molar-refractivity contribution >= 4 is 46.4 Å². The molecule has 2 heterocycles. The maximum atomic E-state index is 13.4. The Morgan fingerprint density at radius 2 is 1.79 bits per heavy atom. The Balaban J connectivity index is 1.30. The van der Waals surface area contributed by atoms with Crippen LogP contribution in [-0.2, 0) is 0 Å². The molecule has 0 radical (unpaired) electrons. The Hall–Kier alpha value is -4.23. The molecular formula is C27H19FN4OS. The van der Waals surface area contributed by atoms with Gasteiger partial charge >= 0.3 is 0 Å². The molecule has 34 heavy (non-hydrogen) atoms. The van der Waals surface area contributed by atoms with Crippen molar-refractivity contribution in [3.8, 4) is 0 Å². The van der Waals surface area contributed by atoms with Gasteiger partial charge in [0.2, 0.25) is 0 Å². The minimum Gasteiger partial charge on any atom is -0.322 e. The first-order chi connectivity index (χ1) is 16.6. The van der Waals surface area contributed by atoms with Gasteiger partial charge in [0, 0.05) is 32.6 Å². The monoisotopic (exact) mass is 466 g/mol. The number of amides is 1. The molecule has 0 aliphatic carbocycles. The van der Waals surface area contributed by atoms with Gasteiger partial charge in [-0.3, -0.25) is 14.9 Å². The molecule has 1 amide bonds. The molecule has 5 rings (SSSR count). The number of halogens is 1. The van der Waals surface area contributed by atoms with Crippen LogP contribution in [0.4, 0.5) is 10.1 Å². The summed E-state index contributed by atoms with van der Waals surface area (Å²) in [7, 11) is 0. The number of hydrogen-bond acceptors (Lipinski definition) is 4. The first-order valence-electron chi connectivity index (χ1n) is 10.6. The molecule has 7 heteroatoms. The minimum atomic E-state index is -0.443. The molecule has 0 saturated carbocycles. The minimum absolute atomic E-state index is 0.274. The summed E-state index contributed by atoms with van der Waals surface area (Å²) in [6, 6.07) is 25.1. The van der Waals surface area contributed by atoms with Gasteiger partial charge in [0.05, 0.1) is 16.9 Å². The van der Waals surface area contributed by atoms with Crippen LogP contribution in [-0.4, -0.2) is 21.1 Å². The topological polar surface area (TPSA) is 70.7 Å². The number of benzene rings is 3. The number of rotatable bonds is 6. The lowest BCUT2D eigenvalue weighted by Crippen LogP contribution is -2.11. The van der Waals surface area contributed by atoms with Gasteiger partial charge in [0.25, 0.3) is 5.91 Å². The standard InChI is InChI=1S/C27H19FN4OS/c28-19-6-3-5-18(15-19)27(33)30-21-8-4-9-22(16-21)34-23-11-12-24-25(31-32-26(24)17-23)13-10-20-7-1-2-14-29-20/h1-17H,(H,30,33)(H,31,32)/b13-10+. The van der Waals surface area contributed by atoms with Crippen LogP contribution in [0.25, 0.3) is 23.1 Å². The summed E-state index contributed by atoms with van der Waals surface area (Å²) in [4.78, 5) is 18.7. The summed E-state index contributed by atoms with van der Waals surface area (Å²) in [5, 5.41) is 11.4. The average molecular weight is 467 g/mol. The van der Waals surface area contributed by atoms with Crippen molar-refractivity contribution in [1.29, 1.82) is 0 Å². The highest BCUT2D eigenvalue weighted by atomic mass is 32.2. The number of carbonyl (C=O) groups is 1. The smallest absolute Gasteiger partial charge is 0.255 e. The SMILES string of the molecule is O=C(Nc1cccc(Sc2ccc3c(/C=C/c4ccccn4)n[nH]c3c2)c1)c1cccc(F)c1. The molecule has 166 valence electrons. The van der Waals surface area contributed by atoms with Gasteiger partial charge in [-0.05, 0) is 78.9 Å². The molecule has 0 fully saturated rings. The fourth-order valence-electron chi connectivity index (χ4n) is 3.46. The lowest BCUT2D eigenvalue weighted by atomic mass is 10.2. The summed E-state index contributed by atoms with van der Waals surface area (Å²) in [5.74, 6) is -0.798. The molecule has 2 aromatic heterocycles. The molecule has 0 bridgehead atoms. The van der Waals surface area contributed by atoms with E-state index < -0.39 is 5.82 Å².